The molecule has 2 aromatic heterocycles. The van der Waals surface area contributed by atoms with E-state index in [0.717, 1.165) is 23.4 Å². The highest BCUT2D eigenvalue weighted by Gasteiger charge is 2.26. The summed E-state index contributed by atoms with van der Waals surface area (Å²) in [5.41, 5.74) is 3.52. The van der Waals surface area contributed by atoms with Gasteiger partial charge in [-0.05, 0) is 36.1 Å². The summed E-state index contributed by atoms with van der Waals surface area (Å²) >= 11 is 2.86. The number of hydrogen-bond acceptors (Lipinski definition) is 5. The fraction of sp³-hybridized carbons (Fsp3) is 0.240. The SMILES string of the molecule is CC(Sc1nc2sc(-c3ccccc3)cc2c(=O)n1C)C(=O)N1CCc2ccccc2C1. The summed E-state index contributed by atoms with van der Waals surface area (Å²) in [6.45, 7) is 3.25. The molecule has 1 aliphatic rings. The summed E-state index contributed by atoms with van der Waals surface area (Å²) < 4.78 is 1.56. The Kier molecular flexibility index (Phi) is 5.61. The Morgan fingerprint density at radius 3 is 2.59 bits per heavy atom. The van der Waals surface area contributed by atoms with Crippen LogP contribution in [0.2, 0.25) is 0 Å². The maximum absolute atomic E-state index is 13.2. The van der Waals surface area contributed by atoms with E-state index >= 15 is 0 Å². The second-order valence-electron chi connectivity index (χ2n) is 7.99. The number of amides is 1. The maximum Gasteiger partial charge on any atom is 0.262 e. The molecule has 0 aliphatic carbocycles. The summed E-state index contributed by atoms with van der Waals surface area (Å²) in [5, 5.41) is 0.860. The Balaban J connectivity index is 1.39. The molecule has 0 bridgehead atoms. The third kappa shape index (κ3) is 3.87. The van der Waals surface area contributed by atoms with Crippen molar-refractivity contribution in [2.24, 2.45) is 7.05 Å². The molecule has 1 atom stereocenters. The number of fused-ring (bicyclic) bond motifs is 2. The van der Waals surface area contributed by atoms with Gasteiger partial charge in [-0.3, -0.25) is 14.2 Å². The first kappa shape index (κ1) is 21.0. The molecule has 32 heavy (non-hydrogen) atoms. The third-order valence-electron chi connectivity index (χ3n) is 5.86. The lowest BCUT2D eigenvalue weighted by molar-refractivity contribution is -0.131. The Hall–Kier alpha value is -2.90. The van der Waals surface area contributed by atoms with Gasteiger partial charge < -0.3 is 4.90 Å². The van der Waals surface area contributed by atoms with E-state index in [1.54, 1.807) is 11.6 Å². The molecule has 1 aliphatic heterocycles. The summed E-state index contributed by atoms with van der Waals surface area (Å²) in [6.07, 6.45) is 0.874. The zero-order valence-corrected chi connectivity index (χ0v) is 19.6. The molecular formula is C25H23N3O2S2. The maximum atomic E-state index is 13.2. The quantitative estimate of drug-likeness (QED) is 0.326. The highest BCUT2D eigenvalue weighted by atomic mass is 32.2. The Morgan fingerprint density at radius 2 is 1.81 bits per heavy atom. The van der Waals surface area contributed by atoms with E-state index in [1.165, 1.54) is 34.2 Å². The van der Waals surface area contributed by atoms with Crippen LogP contribution in [0.1, 0.15) is 18.1 Å². The normalized spacial score (nSPS) is 14.4. The van der Waals surface area contributed by atoms with Crippen LogP contribution >= 0.6 is 23.1 Å². The molecule has 2 aromatic carbocycles. The lowest BCUT2D eigenvalue weighted by Crippen LogP contribution is -2.40. The number of rotatable bonds is 4. The van der Waals surface area contributed by atoms with E-state index in [9.17, 15) is 9.59 Å². The molecule has 0 fully saturated rings. The van der Waals surface area contributed by atoms with E-state index in [-0.39, 0.29) is 16.7 Å². The predicted molar refractivity (Wildman–Crippen MR) is 131 cm³/mol. The molecule has 7 heteroatoms. The number of aromatic nitrogens is 2. The van der Waals surface area contributed by atoms with Crippen molar-refractivity contribution in [3.05, 3.63) is 82.1 Å². The van der Waals surface area contributed by atoms with Crippen molar-refractivity contribution in [1.29, 1.82) is 0 Å². The Labute approximate surface area is 194 Å². The number of thiophene rings is 1. The van der Waals surface area contributed by atoms with Crippen molar-refractivity contribution in [3.63, 3.8) is 0 Å². The molecule has 5 nitrogen and oxygen atoms in total. The van der Waals surface area contributed by atoms with Crippen LogP contribution in [0, 0.1) is 0 Å². The topological polar surface area (TPSA) is 55.2 Å². The van der Waals surface area contributed by atoms with Gasteiger partial charge in [0.2, 0.25) is 5.91 Å². The van der Waals surface area contributed by atoms with Gasteiger partial charge in [-0.2, -0.15) is 0 Å². The second-order valence-corrected chi connectivity index (χ2v) is 10.3. The van der Waals surface area contributed by atoms with Gasteiger partial charge >= 0.3 is 0 Å². The molecule has 5 rings (SSSR count). The van der Waals surface area contributed by atoms with Gasteiger partial charge in [0.1, 0.15) is 4.83 Å². The van der Waals surface area contributed by atoms with Gasteiger partial charge in [-0.25, -0.2) is 4.98 Å². The largest absolute Gasteiger partial charge is 0.337 e. The number of benzene rings is 2. The minimum absolute atomic E-state index is 0.0787. The fourth-order valence-corrected chi connectivity index (χ4v) is 6.08. The smallest absolute Gasteiger partial charge is 0.262 e. The van der Waals surface area contributed by atoms with Crippen molar-refractivity contribution in [1.82, 2.24) is 14.5 Å². The van der Waals surface area contributed by atoms with Gasteiger partial charge in [-0.15, -0.1) is 11.3 Å². The highest BCUT2D eigenvalue weighted by Crippen LogP contribution is 2.33. The van der Waals surface area contributed by atoms with E-state index in [4.69, 9.17) is 4.98 Å². The molecule has 0 saturated heterocycles. The second kappa shape index (κ2) is 8.56. The van der Waals surface area contributed by atoms with Crippen LogP contribution in [-0.2, 0) is 24.8 Å². The lowest BCUT2D eigenvalue weighted by atomic mass is 10.00. The average Bonchev–Trinajstić information content (AvgIpc) is 3.26. The van der Waals surface area contributed by atoms with E-state index in [0.29, 0.717) is 21.9 Å². The minimum atomic E-state index is -0.329. The average molecular weight is 462 g/mol. The molecule has 3 heterocycles. The highest BCUT2D eigenvalue weighted by molar-refractivity contribution is 8.00. The van der Waals surface area contributed by atoms with E-state index in [2.05, 4.69) is 12.1 Å². The Morgan fingerprint density at radius 1 is 1.09 bits per heavy atom. The van der Waals surface area contributed by atoms with Gasteiger partial charge in [0, 0.05) is 25.0 Å². The molecule has 162 valence electrons. The fourth-order valence-electron chi connectivity index (χ4n) is 4.05. The van der Waals surface area contributed by atoms with Crippen LogP contribution in [0.15, 0.2) is 70.6 Å². The standard InChI is InChI=1S/C25H23N3O2S2/c1-16(23(29)28-13-12-17-8-6-7-11-19(17)15-28)31-25-26-22-20(24(30)27(25)2)14-21(32-22)18-9-4-3-5-10-18/h3-11,14,16H,12-13,15H2,1-2H3. The molecule has 4 aromatic rings. The van der Waals surface area contributed by atoms with Crippen molar-refractivity contribution in [2.75, 3.05) is 6.54 Å². The molecule has 1 unspecified atom stereocenters. The van der Waals surface area contributed by atoms with Crippen molar-refractivity contribution >= 4 is 39.2 Å². The molecule has 1 amide bonds. The third-order valence-corrected chi connectivity index (χ3v) is 8.07. The minimum Gasteiger partial charge on any atom is -0.337 e. The molecular weight excluding hydrogens is 438 g/mol. The monoisotopic (exact) mass is 461 g/mol. The molecule has 0 spiro atoms. The van der Waals surface area contributed by atoms with Gasteiger partial charge in [0.25, 0.3) is 5.56 Å². The first-order chi connectivity index (χ1) is 15.5. The van der Waals surface area contributed by atoms with Crippen LogP contribution < -0.4 is 5.56 Å². The number of nitrogens with zero attached hydrogens (tertiary/aromatic N) is 3. The summed E-state index contributed by atoms with van der Waals surface area (Å²) in [4.78, 5) is 34.6. The molecule has 0 radical (unpaired) electrons. The summed E-state index contributed by atoms with van der Waals surface area (Å²) in [5.74, 6) is 0.0787. The first-order valence-corrected chi connectivity index (χ1v) is 12.3. The van der Waals surface area contributed by atoms with Gasteiger partial charge in [0.05, 0.1) is 10.6 Å². The van der Waals surface area contributed by atoms with Crippen molar-refractivity contribution in [3.8, 4) is 10.4 Å². The first-order valence-electron chi connectivity index (χ1n) is 10.6. The van der Waals surface area contributed by atoms with E-state index in [1.807, 2.05) is 60.4 Å². The number of thioether (sulfide) groups is 1. The van der Waals surface area contributed by atoms with Gasteiger partial charge in [0.15, 0.2) is 5.16 Å². The summed E-state index contributed by atoms with van der Waals surface area (Å²) in [7, 11) is 1.73. The van der Waals surface area contributed by atoms with Crippen molar-refractivity contribution < 1.29 is 4.79 Å². The predicted octanol–water partition coefficient (Wildman–Crippen LogP) is 4.73. The van der Waals surface area contributed by atoms with Crippen LogP contribution in [0.4, 0.5) is 0 Å². The molecule has 0 N–H and O–H groups in total. The number of hydrogen-bond donors (Lipinski definition) is 0. The van der Waals surface area contributed by atoms with Gasteiger partial charge in [-0.1, -0.05) is 66.4 Å². The zero-order chi connectivity index (χ0) is 22.2. The summed E-state index contributed by atoms with van der Waals surface area (Å²) in [6, 6.07) is 20.2. The van der Waals surface area contributed by atoms with Crippen LogP contribution in [0.3, 0.4) is 0 Å². The van der Waals surface area contributed by atoms with Crippen LogP contribution in [0.5, 0.6) is 0 Å². The zero-order valence-electron chi connectivity index (χ0n) is 17.9. The lowest BCUT2D eigenvalue weighted by Gasteiger charge is -2.30. The van der Waals surface area contributed by atoms with E-state index < -0.39 is 0 Å². The molecule has 0 saturated carbocycles. The number of carbonyl (C=O) groups is 1. The van der Waals surface area contributed by atoms with Crippen LogP contribution in [-0.4, -0.2) is 32.2 Å². The van der Waals surface area contributed by atoms with Crippen molar-refractivity contribution in [2.45, 2.75) is 30.3 Å². The van der Waals surface area contributed by atoms with Crippen LogP contribution in [0.25, 0.3) is 20.7 Å². The Bertz CT molecular complexity index is 1360. The number of carbonyl (C=O) groups excluding carboxylic acids is 1.